The lowest BCUT2D eigenvalue weighted by Crippen LogP contribution is -2.11. The summed E-state index contributed by atoms with van der Waals surface area (Å²) in [5.41, 5.74) is 2.11. The van der Waals surface area contributed by atoms with Crippen molar-refractivity contribution < 1.29 is 4.74 Å². The molecule has 2 rings (SSSR count). The molecule has 4 nitrogen and oxygen atoms in total. The SMILES string of the molecule is Cc1cc(Br)cnc1NCc1cccnc1OC(C)C. The van der Waals surface area contributed by atoms with Crippen molar-refractivity contribution >= 4 is 21.7 Å². The van der Waals surface area contributed by atoms with Gasteiger partial charge < -0.3 is 10.1 Å². The molecular weight excluding hydrogens is 318 g/mol. The number of hydrogen-bond acceptors (Lipinski definition) is 4. The maximum Gasteiger partial charge on any atom is 0.218 e. The molecule has 2 heterocycles. The smallest absolute Gasteiger partial charge is 0.218 e. The number of rotatable bonds is 5. The zero-order chi connectivity index (χ0) is 14.5. The lowest BCUT2D eigenvalue weighted by atomic mass is 10.2. The molecule has 0 aliphatic heterocycles. The average Bonchev–Trinajstić information content (AvgIpc) is 2.39. The van der Waals surface area contributed by atoms with Crippen LogP contribution in [0.2, 0.25) is 0 Å². The predicted molar refractivity (Wildman–Crippen MR) is 84.0 cm³/mol. The Labute approximate surface area is 127 Å². The van der Waals surface area contributed by atoms with Gasteiger partial charge in [-0.05, 0) is 54.4 Å². The minimum absolute atomic E-state index is 0.108. The van der Waals surface area contributed by atoms with Crippen LogP contribution in [-0.2, 0) is 6.54 Å². The summed E-state index contributed by atoms with van der Waals surface area (Å²) in [6, 6.07) is 5.95. The van der Waals surface area contributed by atoms with Crippen molar-refractivity contribution in [3.63, 3.8) is 0 Å². The Morgan fingerprint density at radius 1 is 1.35 bits per heavy atom. The summed E-state index contributed by atoms with van der Waals surface area (Å²) in [5.74, 6) is 1.54. The number of aromatic nitrogens is 2. The van der Waals surface area contributed by atoms with Crippen LogP contribution >= 0.6 is 15.9 Å². The third-order valence-corrected chi connectivity index (χ3v) is 3.12. The van der Waals surface area contributed by atoms with Crippen LogP contribution in [0.1, 0.15) is 25.0 Å². The molecule has 0 fully saturated rings. The van der Waals surface area contributed by atoms with Crippen LogP contribution in [0, 0.1) is 6.92 Å². The highest BCUT2D eigenvalue weighted by Crippen LogP contribution is 2.20. The number of aryl methyl sites for hydroxylation is 1. The van der Waals surface area contributed by atoms with Crippen molar-refractivity contribution in [2.45, 2.75) is 33.4 Å². The van der Waals surface area contributed by atoms with Crippen LogP contribution in [0.25, 0.3) is 0 Å². The fourth-order valence-electron chi connectivity index (χ4n) is 1.79. The highest BCUT2D eigenvalue weighted by Gasteiger charge is 2.07. The highest BCUT2D eigenvalue weighted by molar-refractivity contribution is 9.10. The van der Waals surface area contributed by atoms with E-state index in [-0.39, 0.29) is 6.10 Å². The lowest BCUT2D eigenvalue weighted by molar-refractivity contribution is 0.230. The van der Waals surface area contributed by atoms with Crippen LogP contribution in [0.5, 0.6) is 5.88 Å². The molecule has 0 aliphatic carbocycles. The predicted octanol–water partition coefficient (Wildman–Crippen LogP) is 3.95. The summed E-state index contributed by atoms with van der Waals surface area (Å²) in [5, 5.41) is 3.32. The van der Waals surface area contributed by atoms with E-state index in [9.17, 15) is 0 Å². The fourth-order valence-corrected chi connectivity index (χ4v) is 2.24. The Morgan fingerprint density at radius 2 is 2.15 bits per heavy atom. The van der Waals surface area contributed by atoms with Gasteiger partial charge in [0.2, 0.25) is 5.88 Å². The first-order valence-corrected chi connectivity index (χ1v) is 7.32. The Balaban J connectivity index is 2.10. The van der Waals surface area contributed by atoms with Crippen LogP contribution in [0.15, 0.2) is 35.1 Å². The van der Waals surface area contributed by atoms with E-state index in [0.29, 0.717) is 12.4 Å². The van der Waals surface area contributed by atoms with Gasteiger partial charge in [0.05, 0.1) is 6.10 Å². The highest BCUT2D eigenvalue weighted by atomic mass is 79.9. The Bertz CT molecular complexity index is 587. The van der Waals surface area contributed by atoms with Crippen molar-refractivity contribution in [2.75, 3.05) is 5.32 Å². The van der Waals surface area contributed by atoms with Crippen molar-refractivity contribution in [1.29, 1.82) is 0 Å². The maximum atomic E-state index is 5.70. The van der Waals surface area contributed by atoms with E-state index >= 15 is 0 Å². The molecule has 106 valence electrons. The summed E-state index contributed by atoms with van der Waals surface area (Å²) >= 11 is 3.41. The Morgan fingerprint density at radius 3 is 2.85 bits per heavy atom. The first kappa shape index (κ1) is 14.8. The second-order valence-corrected chi connectivity index (χ2v) is 5.72. The van der Waals surface area contributed by atoms with Gasteiger partial charge in [0.15, 0.2) is 0 Å². The van der Waals surface area contributed by atoms with Gasteiger partial charge in [0.25, 0.3) is 0 Å². The number of pyridine rings is 2. The molecule has 0 atom stereocenters. The summed E-state index contributed by atoms with van der Waals surface area (Å²) in [6.07, 6.45) is 3.63. The lowest BCUT2D eigenvalue weighted by Gasteiger charge is -2.14. The second kappa shape index (κ2) is 6.70. The normalized spacial score (nSPS) is 10.7. The molecule has 0 unspecified atom stereocenters. The van der Waals surface area contributed by atoms with Gasteiger partial charge in [-0.3, -0.25) is 0 Å². The molecule has 0 spiro atoms. The minimum Gasteiger partial charge on any atom is -0.475 e. The maximum absolute atomic E-state index is 5.70. The Kier molecular flexibility index (Phi) is 4.95. The van der Waals surface area contributed by atoms with E-state index in [0.717, 1.165) is 21.4 Å². The molecule has 0 saturated heterocycles. The largest absolute Gasteiger partial charge is 0.475 e. The molecular formula is C15H18BrN3O. The van der Waals surface area contributed by atoms with Crippen LogP contribution < -0.4 is 10.1 Å². The van der Waals surface area contributed by atoms with E-state index in [1.807, 2.05) is 39.0 Å². The minimum atomic E-state index is 0.108. The molecule has 20 heavy (non-hydrogen) atoms. The van der Waals surface area contributed by atoms with Gasteiger partial charge in [-0.2, -0.15) is 0 Å². The molecule has 1 N–H and O–H groups in total. The molecule has 0 saturated carbocycles. The number of anilines is 1. The van der Waals surface area contributed by atoms with E-state index in [4.69, 9.17) is 4.74 Å². The zero-order valence-corrected chi connectivity index (χ0v) is 13.4. The standard InChI is InChI=1S/C15H18BrN3O/c1-10(2)20-15-12(5-4-6-17-15)8-18-14-11(3)7-13(16)9-19-14/h4-7,9-10H,8H2,1-3H3,(H,18,19). The van der Waals surface area contributed by atoms with Gasteiger partial charge in [-0.15, -0.1) is 0 Å². The molecule has 2 aromatic heterocycles. The monoisotopic (exact) mass is 335 g/mol. The van der Waals surface area contributed by atoms with Crippen LogP contribution in [-0.4, -0.2) is 16.1 Å². The van der Waals surface area contributed by atoms with Gasteiger partial charge in [0.1, 0.15) is 5.82 Å². The van der Waals surface area contributed by atoms with Crippen LogP contribution in [0.3, 0.4) is 0 Å². The molecule has 0 aliphatic rings. The molecule has 2 aromatic rings. The van der Waals surface area contributed by atoms with E-state index < -0.39 is 0 Å². The zero-order valence-electron chi connectivity index (χ0n) is 11.9. The average molecular weight is 336 g/mol. The molecule has 0 amide bonds. The van der Waals surface area contributed by atoms with Gasteiger partial charge in [-0.25, -0.2) is 9.97 Å². The number of ether oxygens (including phenoxy) is 1. The summed E-state index contributed by atoms with van der Waals surface area (Å²) in [4.78, 5) is 8.64. The molecule has 5 heteroatoms. The third-order valence-electron chi connectivity index (χ3n) is 2.69. The van der Waals surface area contributed by atoms with Crippen molar-refractivity contribution in [3.05, 3.63) is 46.2 Å². The molecule has 0 bridgehead atoms. The van der Waals surface area contributed by atoms with Gasteiger partial charge in [-0.1, -0.05) is 6.07 Å². The summed E-state index contributed by atoms with van der Waals surface area (Å²) in [6.45, 7) is 6.64. The van der Waals surface area contributed by atoms with Gasteiger partial charge in [0, 0.05) is 29.0 Å². The second-order valence-electron chi connectivity index (χ2n) is 4.81. The third kappa shape index (κ3) is 3.93. The summed E-state index contributed by atoms with van der Waals surface area (Å²) < 4.78 is 6.68. The topological polar surface area (TPSA) is 47.0 Å². The van der Waals surface area contributed by atoms with Crippen molar-refractivity contribution in [1.82, 2.24) is 9.97 Å². The van der Waals surface area contributed by atoms with E-state index in [1.165, 1.54) is 0 Å². The van der Waals surface area contributed by atoms with Gasteiger partial charge >= 0.3 is 0 Å². The van der Waals surface area contributed by atoms with Crippen LogP contribution in [0.4, 0.5) is 5.82 Å². The summed E-state index contributed by atoms with van der Waals surface area (Å²) in [7, 11) is 0. The number of halogens is 1. The number of nitrogens with one attached hydrogen (secondary N) is 1. The molecule has 0 aromatic carbocycles. The first-order valence-electron chi connectivity index (χ1n) is 6.53. The Hall–Kier alpha value is -1.62. The first-order chi connectivity index (χ1) is 9.56. The quantitative estimate of drug-likeness (QED) is 0.898. The number of nitrogens with zero attached hydrogens (tertiary/aromatic N) is 2. The number of hydrogen-bond donors (Lipinski definition) is 1. The molecule has 0 radical (unpaired) electrons. The van der Waals surface area contributed by atoms with E-state index in [2.05, 4.69) is 31.2 Å². The van der Waals surface area contributed by atoms with Crippen molar-refractivity contribution in [2.24, 2.45) is 0 Å². The van der Waals surface area contributed by atoms with E-state index in [1.54, 1.807) is 12.4 Å². The van der Waals surface area contributed by atoms with Crippen molar-refractivity contribution in [3.8, 4) is 5.88 Å². The fraction of sp³-hybridized carbons (Fsp3) is 0.333.